The Labute approximate surface area is 244 Å². The molecule has 0 unspecified atom stereocenters. The van der Waals surface area contributed by atoms with Crippen LogP contribution in [0.25, 0.3) is 4.85 Å². The van der Waals surface area contributed by atoms with Crippen LogP contribution < -0.4 is 0 Å². The minimum absolute atomic E-state index is 0.0477. The van der Waals surface area contributed by atoms with Crippen molar-refractivity contribution < 1.29 is 14.4 Å². The van der Waals surface area contributed by atoms with Crippen molar-refractivity contribution in [3.05, 3.63) is 52.6 Å². The lowest BCUT2D eigenvalue weighted by Crippen LogP contribution is -2.65. The molecule has 0 N–H and O–H groups in total. The molecule has 0 saturated heterocycles. The van der Waals surface area contributed by atoms with Crippen LogP contribution in [0.2, 0.25) is 0 Å². The van der Waals surface area contributed by atoms with Crippen molar-refractivity contribution in [1.29, 1.82) is 0 Å². The third-order valence-electron chi connectivity index (χ3n) is 13.1. The molecule has 6 nitrogen and oxygen atoms in total. The van der Waals surface area contributed by atoms with Gasteiger partial charge in [0.25, 0.3) is 0 Å². The highest BCUT2D eigenvalue weighted by molar-refractivity contribution is 6.01. The summed E-state index contributed by atoms with van der Waals surface area (Å²) in [5, 5.41) is 0. The summed E-state index contributed by atoms with van der Waals surface area (Å²) in [6, 6.07) is 0. The lowest BCUT2D eigenvalue weighted by molar-refractivity contribution is -0.162. The molecular formula is C35H45N3O3. The molecule has 1 aromatic rings. The van der Waals surface area contributed by atoms with Gasteiger partial charge in [0.15, 0.2) is 11.6 Å². The molecule has 41 heavy (non-hydrogen) atoms. The molecule has 218 valence electrons. The third-order valence-corrected chi connectivity index (χ3v) is 13.1. The van der Waals surface area contributed by atoms with E-state index in [4.69, 9.17) is 6.57 Å². The van der Waals surface area contributed by atoms with Crippen LogP contribution in [0.4, 0.5) is 0 Å². The molecule has 5 aliphatic carbocycles. The first kappa shape index (κ1) is 28.3. The Morgan fingerprint density at radius 3 is 2.34 bits per heavy atom. The van der Waals surface area contributed by atoms with Crippen molar-refractivity contribution >= 4 is 17.5 Å². The van der Waals surface area contributed by atoms with E-state index in [-0.39, 0.29) is 63.1 Å². The second kappa shape index (κ2) is 8.62. The first-order valence-corrected chi connectivity index (χ1v) is 15.5. The van der Waals surface area contributed by atoms with Crippen molar-refractivity contribution in [2.75, 3.05) is 0 Å². The number of aromatic nitrogens is 2. The molecule has 0 amide bonds. The van der Waals surface area contributed by atoms with E-state index in [1.54, 1.807) is 4.57 Å². The molecule has 5 aliphatic rings. The molecule has 6 heteroatoms. The van der Waals surface area contributed by atoms with Gasteiger partial charge in [0.05, 0.1) is 17.7 Å². The molecule has 0 radical (unpaired) electrons. The summed E-state index contributed by atoms with van der Waals surface area (Å²) in [6.07, 6.45) is 11.7. The Kier molecular flexibility index (Phi) is 5.95. The van der Waals surface area contributed by atoms with Crippen molar-refractivity contribution in [2.24, 2.45) is 50.7 Å². The van der Waals surface area contributed by atoms with Gasteiger partial charge in [-0.3, -0.25) is 14.2 Å². The van der Waals surface area contributed by atoms with Gasteiger partial charge in [0.1, 0.15) is 5.82 Å². The summed E-state index contributed by atoms with van der Waals surface area (Å²) in [5.74, 6) is 0.467. The van der Waals surface area contributed by atoms with Gasteiger partial charge in [-0.05, 0) is 93.0 Å². The molecule has 3 saturated carbocycles. The summed E-state index contributed by atoms with van der Waals surface area (Å²) in [7, 11) is 0. The molecule has 0 aromatic carbocycles. The van der Waals surface area contributed by atoms with Gasteiger partial charge in [-0.15, -0.1) is 0 Å². The molecular weight excluding hydrogens is 510 g/mol. The quantitative estimate of drug-likeness (QED) is 0.340. The monoisotopic (exact) mass is 555 g/mol. The summed E-state index contributed by atoms with van der Waals surface area (Å²) in [4.78, 5) is 50.4. The van der Waals surface area contributed by atoms with E-state index < -0.39 is 10.8 Å². The Morgan fingerprint density at radius 2 is 1.71 bits per heavy atom. The van der Waals surface area contributed by atoms with E-state index in [0.717, 1.165) is 62.0 Å². The maximum absolute atomic E-state index is 14.6. The Morgan fingerprint density at radius 1 is 1.02 bits per heavy atom. The van der Waals surface area contributed by atoms with Gasteiger partial charge in [-0.2, -0.15) is 0 Å². The third kappa shape index (κ3) is 3.53. The Bertz CT molecular complexity index is 1490. The van der Waals surface area contributed by atoms with Crippen molar-refractivity contribution in [2.45, 2.75) is 100 Å². The van der Waals surface area contributed by atoms with Crippen LogP contribution in [-0.2, 0) is 9.59 Å². The molecule has 0 spiro atoms. The molecule has 0 bridgehead atoms. The first-order chi connectivity index (χ1) is 19.0. The Hall–Kier alpha value is -2.81. The van der Waals surface area contributed by atoms with Crippen LogP contribution in [0.15, 0.2) is 29.6 Å². The van der Waals surface area contributed by atoms with Crippen LogP contribution in [-0.4, -0.2) is 27.0 Å². The number of carbonyl (C=O) groups is 3. The molecule has 3 fully saturated rings. The summed E-state index contributed by atoms with van der Waals surface area (Å²) in [6.45, 7) is 24.9. The number of imidazole rings is 1. The number of nitrogens with zero attached hydrogens (tertiary/aromatic N) is 3. The average Bonchev–Trinajstić information content (AvgIpc) is 3.24. The normalized spacial score (nSPS) is 43.0. The van der Waals surface area contributed by atoms with E-state index in [0.29, 0.717) is 0 Å². The fourth-order valence-electron chi connectivity index (χ4n) is 10.7. The standard InChI is InChI=1S/C35H45N3O3/c1-20-19-38(22(3)37-20)30(41)35-14-12-31(4,5)17-24(35)28-26(39)16-27-32(6)18-25(36-9)29(40)21(2)23(32)10-11-33(27,7)34(28,8)13-15-35/h16,18-19,21,23-24,28H,10-15,17H2,1-8H3/t21-,23-,24-,28-,32-,33+,34+,35-/m0/s1. The van der Waals surface area contributed by atoms with Crippen LogP contribution in [0, 0.1) is 71.2 Å². The summed E-state index contributed by atoms with van der Waals surface area (Å²) in [5.41, 5.74) is 0.541. The van der Waals surface area contributed by atoms with Crippen molar-refractivity contribution in [3.8, 4) is 0 Å². The zero-order valence-electron chi connectivity index (χ0n) is 26.1. The zero-order chi connectivity index (χ0) is 29.9. The second-order valence-electron chi connectivity index (χ2n) is 15.6. The van der Waals surface area contributed by atoms with E-state index in [9.17, 15) is 14.4 Å². The largest absolute Gasteiger partial charge is 0.308 e. The Balaban J connectivity index is 1.52. The topological polar surface area (TPSA) is 73.4 Å². The number of fused-ring (bicyclic) bond motifs is 7. The number of aryl methyl sites for hydroxylation is 2. The fraction of sp³-hybridized carbons (Fsp3) is 0.686. The molecule has 1 aromatic heterocycles. The minimum atomic E-state index is -0.584. The lowest BCUT2D eigenvalue weighted by atomic mass is 9.35. The van der Waals surface area contributed by atoms with Gasteiger partial charge >= 0.3 is 0 Å². The number of Topliss-reactive ketones (excluding diaryl/α,β-unsaturated/α-hetero) is 1. The van der Waals surface area contributed by atoms with Gasteiger partial charge in [0.2, 0.25) is 11.6 Å². The van der Waals surface area contributed by atoms with Crippen molar-refractivity contribution in [1.82, 2.24) is 9.55 Å². The highest BCUT2D eigenvalue weighted by Crippen LogP contribution is 2.74. The van der Waals surface area contributed by atoms with Crippen molar-refractivity contribution in [3.63, 3.8) is 0 Å². The van der Waals surface area contributed by atoms with Crippen LogP contribution in [0.5, 0.6) is 0 Å². The van der Waals surface area contributed by atoms with Gasteiger partial charge < -0.3 is 4.79 Å². The number of rotatable bonds is 1. The number of hydrogen-bond acceptors (Lipinski definition) is 4. The van der Waals surface area contributed by atoms with Crippen LogP contribution in [0.3, 0.4) is 0 Å². The van der Waals surface area contributed by atoms with Crippen LogP contribution in [0.1, 0.15) is 103 Å². The number of allylic oxidation sites excluding steroid dienone is 4. The fourth-order valence-corrected chi connectivity index (χ4v) is 10.7. The minimum Gasteiger partial charge on any atom is -0.308 e. The SMILES string of the molecule is [C-]#[N+]C1=C[C@]2(C)C3=CC(=O)[C@@H]4[C@@H]5CC(C)(C)CC[C@]5(C(=O)n5cc(C)nc5C)CC[C@@]4(C)[C@]3(C)CC[C@H]2[C@H](C)C1=O. The zero-order valence-corrected chi connectivity index (χ0v) is 26.1. The maximum Gasteiger partial charge on any atom is 0.238 e. The van der Waals surface area contributed by atoms with Gasteiger partial charge in [0, 0.05) is 23.4 Å². The summed E-state index contributed by atoms with van der Waals surface area (Å²) < 4.78 is 1.77. The van der Waals surface area contributed by atoms with E-state index in [1.807, 2.05) is 39.1 Å². The van der Waals surface area contributed by atoms with Gasteiger partial charge in [-0.25, -0.2) is 9.83 Å². The summed E-state index contributed by atoms with van der Waals surface area (Å²) >= 11 is 0. The molecule has 6 rings (SSSR count). The number of ketones is 2. The second-order valence-corrected chi connectivity index (χ2v) is 15.6. The smallest absolute Gasteiger partial charge is 0.238 e. The first-order valence-electron chi connectivity index (χ1n) is 15.5. The lowest BCUT2D eigenvalue weighted by Gasteiger charge is -2.68. The highest BCUT2D eigenvalue weighted by atomic mass is 16.2. The predicted molar refractivity (Wildman–Crippen MR) is 158 cm³/mol. The number of hydrogen-bond donors (Lipinski definition) is 0. The average molecular weight is 556 g/mol. The molecule has 8 atom stereocenters. The molecule has 1 heterocycles. The molecule has 0 aliphatic heterocycles. The van der Waals surface area contributed by atoms with E-state index >= 15 is 0 Å². The van der Waals surface area contributed by atoms with Crippen LogP contribution >= 0.6 is 0 Å². The predicted octanol–water partition coefficient (Wildman–Crippen LogP) is 7.32. The van der Waals surface area contributed by atoms with Gasteiger partial charge in [-0.1, -0.05) is 53.2 Å². The highest BCUT2D eigenvalue weighted by Gasteiger charge is 2.70. The maximum atomic E-state index is 14.6. The van der Waals surface area contributed by atoms with E-state index in [1.165, 1.54) is 0 Å². The number of carbonyl (C=O) groups excluding carboxylic acids is 3. The van der Waals surface area contributed by atoms with E-state index in [2.05, 4.69) is 44.4 Å².